The molecule has 1 N–H and O–H groups in total. The normalized spacial score (nSPS) is 18.9. The summed E-state index contributed by atoms with van der Waals surface area (Å²) >= 11 is 3.42. The molecule has 23 heavy (non-hydrogen) atoms. The van der Waals surface area contributed by atoms with Crippen molar-refractivity contribution in [3.8, 4) is 0 Å². The van der Waals surface area contributed by atoms with Gasteiger partial charge in [-0.2, -0.15) is 0 Å². The van der Waals surface area contributed by atoms with Crippen LogP contribution in [-0.4, -0.2) is 31.0 Å². The molecule has 1 aromatic carbocycles. The number of anilines is 1. The number of carbonyl (C=O) groups is 1. The molecule has 1 aliphatic heterocycles. The zero-order valence-electron chi connectivity index (χ0n) is 13.3. The summed E-state index contributed by atoms with van der Waals surface area (Å²) in [5, 5.41) is 0. The highest BCUT2D eigenvalue weighted by Gasteiger charge is 2.40. The third kappa shape index (κ3) is 3.40. The highest BCUT2D eigenvalue weighted by Crippen LogP contribution is 2.40. The minimum absolute atomic E-state index is 0.0463. The van der Waals surface area contributed by atoms with E-state index in [2.05, 4.69) is 27.6 Å². The van der Waals surface area contributed by atoms with E-state index in [1.54, 1.807) is 6.07 Å². The summed E-state index contributed by atoms with van der Waals surface area (Å²) in [6.07, 6.45) is 2.87. The molecule has 1 fully saturated rings. The molecular weight excluding hydrogens is 380 g/mol. The summed E-state index contributed by atoms with van der Waals surface area (Å²) in [6, 6.07) is 3.79. The van der Waals surface area contributed by atoms with Gasteiger partial charge in [-0.05, 0) is 49.8 Å². The van der Waals surface area contributed by atoms with Crippen LogP contribution < -0.4 is 4.72 Å². The van der Waals surface area contributed by atoms with Crippen LogP contribution in [0.15, 0.2) is 16.6 Å². The molecule has 0 bridgehead atoms. The Balaban J connectivity index is 1.94. The fourth-order valence-electron chi connectivity index (χ4n) is 3.17. The van der Waals surface area contributed by atoms with Crippen LogP contribution in [0.5, 0.6) is 0 Å². The molecule has 1 aromatic rings. The van der Waals surface area contributed by atoms with E-state index < -0.39 is 10.0 Å². The lowest BCUT2D eigenvalue weighted by Crippen LogP contribution is -2.35. The van der Waals surface area contributed by atoms with Gasteiger partial charge in [0.25, 0.3) is 5.91 Å². The molecule has 0 unspecified atom stereocenters. The molecule has 1 heterocycles. The molecule has 3 rings (SSSR count). The van der Waals surface area contributed by atoms with Crippen molar-refractivity contribution in [3.63, 3.8) is 0 Å². The van der Waals surface area contributed by atoms with E-state index in [0.29, 0.717) is 30.1 Å². The number of amides is 1. The molecule has 1 aliphatic carbocycles. The summed E-state index contributed by atoms with van der Waals surface area (Å²) in [7, 11) is -3.43. The highest BCUT2D eigenvalue weighted by atomic mass is 79.9. The summed E-state index contributed by atoms with van der Waals surface area (Å²) in [5.74, 6) is 0.558. The van der Waals surface area contributed by atoms with E-state index in [0.717, 1.165) is 10.0 Å². The molecule has 0 radical (unpaired) electrons. The first kappa shape index (κ1) is 16.8. The quantitative estimate of drug-likeness (QED) is 0.795. The number of sulfonamides is 1. The number of fused-ring (bicyclic) bond motifs is 1. The summed E-state index contributed by atoms with van der Waals surface area (Å²) in [6.45, 7) is 4.44. The standard InChI is InChI=1S/C16H21BrN2O3S/c1-3-6-23(21,22)18-14-8-13(17)7-12-9-19(16(20)15(12)14)10(2)11-4-5-11/h7-8,10-11,18H,3-6,9H2,1-2H3/t10-/m0/s1. The maximum atomic E-state index is 12.8. The van der Waals surface area contributed by atoms with Crippen LogP contribution in [0.25, 0.3) is 0 Å². The fourth-order valence-corrected chi connectivity index (χ4v) is 4.81. The lowest BCUT2D eigenvalue weighted by Gasteiger charge is -2.24. The van der Waals surface area contributed by atoms with Crippen LogP contribution in [-0.2, 0) is 16.6 Å². The van der Waals surface area contributed by atoms with E-state index >= 15 is 0 Å². The molecule has 1 amide bonds. The minimum atomic E-state index is -3.43. The Kier molecular flexibility index (Phi) is 4.44. The Morgan fingerprint density at radius 3 is 2.70 bits per heavy atom. The van der Waals surface area contributed by atoms with E-state index in [-0.39, 0.29) is 17.7 Å². The number of hydrogen-bond donors (Lipinski definition) is 1. The lowest BCUT2D eigenvalue weighted by atomic mass is 10.1. The van der Waals surface area contributed by atoms with Gasteiger partial charge in [-0.15, -0.1) is 0 Å². The van der Waals surface area contributed by atoms with E-state index in [1.165, 1.54) is 12.8 Å². The fraction of sp³-hybridized carbons (Fsp3) is 0.562. The lowest BCUT2D eigenvalue weighted by molar-refractivity contribution is 0.0698. The van der Waals surface area contributed by atoms with Gasteiger partial charge in [0.2, 0.25) is 10.0 Å². The second-order valence-corrected chi connectivity index (χ2v) is 9.18. The zero-order valence-corrected chi connectivity index (χ0v) is 15.7. The Labute approximate surface area is 145 Å². The van der Waals surface area contributed by atoms with Crippen molar-refractivity contribution in [1.29, 1.82) is 0 Å². The Morgan fingerprint density at radius 2 is 2.09 bits per heavy atom. The molecule has 126 valence electrons. The SMILES string of the molecule is CCCS(=O)(=O)Nc1cc(Br)cc2c1C(=O)N([C@@H](C)C1CC1)C2. The molecule has 0 spiro atoms. The first-order valence-electron chi connectivity index (χ1n) is 7.96. The summed E-state index contributed by atoms with van der Waals surface area (Å²) in [5.41, 5.74) is 1.77. The van der Waals surface area contributed by atoms with Crippen molar-refractivity contribution in [2.45, 2.75) is 45.7 Å². The average molecular weight is 401 g/mol. The van der Waals surface area contributed by atoms with Crippen LogP contribution in [0.3, 0.4) is 0 Å². The monoisotopic (exact) mass is 400 g/mol. The smallest absolute Gasteiger partial charge is 0.256 e. The maximum absolute atomic E-state index is 12.8. The van der Waals surface area contributed by atoms with Gasteiger partial charge in [0.1, 0.15) is 0 Å². The predicted molar refractivity (Wildman–Crippen MR) is 93.9 cm³/mol. The number of halogens is 1. The molecule has 2 aliphatic rings. The number of nitrogens with zero attached hydrogens (tertiary/aromatic N) is 1. The topological polar surface area (TPSA) is 66.5 Å². The van der Waals surface area contributed by atoms with Gasteiger partial charge in [-0.25, -0.2) is 8.42 Å². The van der Waals surface area contributed by atoms with Gasteiger partial charge in [0, 0.05) is 17.1 Å². The number of carbonyl (C=O) groups excluding carboxylic acids is 1. The summed E-state index contributed by atoms with van der Waals surface area (Å²) < 4.78 is 27.6. The van der Waals surface area contributed by atoms with Gasteiger partial charge < -0.3 is 4.90 Å². The Morgan fingerprint density at radius 1 is 1.39 bits per heavy atom. The third-order valence-corrected chi connectivity index (χ3v) is 6.47. The van der Waals surface area contributed by atoms with Gasteiger partial charge in [-0.3, -0.25) is 9.52 Å². The third-order valence-electron chi connectivity index (χ3n) is 4.53. The van der Waals surface area contributed by atoms with Gasteiger partial charge in [-0.1, -0.05) is 22.9 Å². The van der Waals surface area contributed by atoms with Crippen LogP contribution in [0.2, 0.25) is 0 Å². The summed E-state index contributed by atoms with van der Waals surface area (Å²) in [4.78, 5) is 14.7. The molecule has 0 saturated heterocycles. The van der Waals surface area contributed by atoms with Crippen molar-refractivity contribution >= 4 is 37.5 Å². The van der Waals surface area contributed by atoms with Gasteiger partial charge in [0.15, 0.2) is 0 Å². The molecule has 7 heteroatoms. The molecule has 5 nitrogen and oxygen atoms in total. The van der Waals surface area contributed by atoms with Crippen molar-refractivity contribution in [1.82, 2.24) is 4.90 Å². The minimum Gasteiger partial charge on any atom is -0.331 e. The molecule has 1 saturated carbocycles. The van der Waals surface area contributed by atoms with Crippen LogP contribution >= 0.6 is 15.9 Å². The largest absolute Gasteiger partial charge is 0.331 e. The maximum Gasteiger partial charge on any atom is 0.256 e. The van der Waals surface area contributed by atoms with Gasteiger partial charge in [0.05, 0.1) is 17.0 Å². The van der Waals surface area contributed by atoms with E-state index in [4.69, 9.17) is 0 Å². The molecule has 0 aromatic heterocycles. The highest BCUT2D eigenvalue weighted by molar-refractivity contribution is 9.10. The second kappa shape index (κ2) is 6.09. The number of benzene rings is 1. The number of rotatable bonds is 6. The zero-order chi connectivity index (χ0) is 16.8. The van der Waals surface area contributed by atoms with Gasteiger partial charge >= 0.3 is 0 Å². The Bertz CT molecular complexity index is 744. The predicted octanol–water partition coefficient (Wildman–Crippen LogP) is 3.36. The molecular formula is C16H21BrN2O3S. The second-order valence-electron chi connectivity index (χ2n) is 6.42. The van der Waals surface area contributed by atoms with Crippen LogP contribution in [0.1, 0.15) is 49.0 Å². The van der Waals surface area contributed by atoms with Crippen molar-refractivity contribution < 1.29 is 13.2 Å². The van der Waals surface area contributed by atoms with Crippen LogP contribution in [0, 0.1) is 5.92 Å². The van der Waals surface area contributed by atoms with Crippen molar-refractivity contribution in [2.75, 3.05) is 10.5 Å². The molecule has 1 atom stereocenters. The first-order valence-corrected chi connectivity index (χ1v) is 10.4. The van der Waals surface area contributed by atoms with Crippen molar-refractivity contribution in [3.05, 3.63) is 27.7 Å². The van der Waals surface area contributed by atoms with Crippen molar-refractivity contribution in [2.24, 2.45) is 5.92 Å². The Hall–Kier alpha value is -1.08. The van der Waals surface area contributed by atoms with Crippen LogP contribution in [0.4, 0.5) is 5.69 Å². The first-order chi connectivity index (χ1) is 10.8. The average Bonchev–Trinajstić information content (AvgIpc) is 3.22. The van der Waals surface area contributed by atoms with E-state index in [9.17, 15) is 13.2 Å². The number of hydrogen-bond acceptors (Lipinski definition) is 3. The van der Waals surface area contributed by atoms with E-state index in [1.807, 2.05) is 17.9 Å². The number of nitrogens with one attached hydrogen (secondary N) is 1.